The first-order valence-electron chi connectivity index (χ1n) is 17.6. The summed E-state index contributed by atoms with van der Waals surface area (Å²) in [7, 11) is 0. The Bertz CT molecular complexity index is 2160. The summed E-state index contributed by atoms with van der Waals surface area (Å²) in [5.74, 6) is -4.21. The highest BCUT2D eigenvalue weighted by Crippen LogP contribution is 2.26. The largest absolute Gasteiger partial charge is 0.505 e. The van der Waals surface area contributed by atoms with Gasteiger partial charge in [-0.05, 0) is 71.5 Å². The number of carbonyl (C=O) groups excluding carboxylic acids is 3. The number of anilines is 1. The zero-order valence-corrected chi connectivity index (χ0v) is 30.1. The maximum Gasteiger partial charge on any atom is 0.251 e. The van der Waals surface area contributed by atoms with E-state index in [1.807, 2.05) is 54.6 Å². The summed E-state index contributed by atoms with van der Waals surface area (Å²) in [4.78, 5) is 42.3. The number of halogens is 2. The number of benzene rings is 5. The van der Waals surface area contributed by atoms with Gasteiger partial charge in [0.25, 0.3) is 5.91 Å². The second kappa shape index (κ2) is 19.5. The van der Waals surface area contributed by atoms with Crippen LogP contribution in [-0.4, -0.2) is 49.0 Å². The molecule has 0 aromatic heterocycles. The minimum absolute atomic E-state index is 0.110. The zero-order chi connectivity index (χ0) is 39.2. The predicted octanol–water partition coefficient (Wildman–Crippen LogP) is 8.19. The van der Waals surface area contributed by atoms with Crippen LogP contribution in [0.4, 0.5) is 20.2 Å². The Morgan fingerprint density at radius 3 is 2.22 bits per heavy atom. The number of carbonyl (C=O) groups is 3. The Morgan fingerprint density at radius 1 is 0.836 bits per heavy atom. The number of phenolic OH excluding ortho intramolecular Hbond substituents is 1. The van der Waals surface area contributed by atoms with Crippen molar-refractivity contribution in [3.05, 3.63) is 159 Å². The fourth-order valence-corrected chi connectivity index (χ4v) is 5.83. The second-order valence-corrected chi connectivity index (χ2v) is 12.7. The monoisotopic (exact) mass is 746 g/mol. The quantitative estimate of drug-likeness (QED) is 0.0232. The molecule has 5 aromatic rings. The molecule has 0 aliphatic rings. The number of hydrogen-bond acceptors (Lipinski definition) is 7. The minimum Gasteiger partial charge on any atom is -0.505 e. The van der Waals surface area contributed by atoms with Gasteiger partial charge in [0.1, 0.15) is 5.82 Å². The van der Waals surface area contributed by atoms with E-state index in [1.165, 1.54) is 12.1 Å². The second-order valence-electron chi connectivity index (χ2n) is 12.7. The van der Waals surface area contributed by atoms with E-state index < -0.39 is 23.3 Å². The maximum absolute atomic E-state index is 14.4. The van der Waals surface area contributed by atoms with Crippen LogP contribution in [0.2, 0.25) is 0 Å². The molecular formula is C42H40F2N6O5. The topological polar surface area (TPSA) is 166 Å². The van der Waals surface area contributed by atoms with E-state index in [4.69, 9.17) is 10.3 Å². The van der Waals surface area contributed by atoms with Crippen LogP contribution < -0.4 is 16.0 Å². The van der Waals surface area contributed by atoms with E-state index in [1.54, 1.807) is 37.3 Å². The van der Waals surface area contributed by atoms with Gasteiger partial charge >= 0.3 is 0 Å². The molecule has 0 spiro atoms. The summed E-state index contributed by atoms with van der Waals surface area (Å²) in [6, 6.07) is 30.7. The molecule has 5 rings (SSSR count). The number of phenols is 1. The van der Waals surface area contributed by atoms with Crippen molar-refractivity contribution in [2.24, 2.45) is 11.0 Å². The number of nitrogens with zero attached hydrogens (tertiary/aromatic N) is 3. The third-order valence-corrected chi connectivity index (χ3v) is 8.89. The number of aryl methyl sites for hydroxylation is 1. The van der Waals surface area contributed by atoms with Crippen LogP contribution >= 0.6 is 0 Å². The van der Waals surface area contributed by atoms with Crippen LogP contribution in [0.1, 0.15) is 43.8 Å². The zero-order valence-electron chi connectivity index (χ0n) is 30.1. The summed E-state index contributed by atoms with van der Waals surface area (Å²) >= 11 is 0. The van der Waals surface area contributed by atoms with Crippen molar-refractivity contribution in [1.82, 2.24) is 10.6 Å². The van der Waals surface area contributed by atoms with Gasteiger partial charge in [0.2, 0.25) is 5.91 Å². The Morgan fingerprint density at radius 2 is 1.51 bits per heavy atom. The number of amides is 2. The fraction of sp³-hybridized carbons (Fsp3) is 0.214. The van der Waals surface area contributed by atoms with Gasteiger partial charge in [-0.3, -0.25) is 14.4 Å². The molecular weight excluding hydrogens is 706 g/mol. The van der Waals surface area contributed by atoms with E-state index in [0.717, 1.165) is 34.4 Å². The lowest BCUT2D eigenvalue weighted by atomic mass is 9.90. The van der Waals surface area contributed by atoms with E-state index in [-0.39, 0.29) is 68.9 Å². The van der Waals surface area contributed by atoms with Crippen LogP contribution in [0.25, 0.3) is 21.6 Å². The molecule has 0 fully saturated rings. The van der Waals surface area contributed by atoms with Gasteiger partial charge in [-0.15, -0.1) is 0 Å². The Balaban J connectivity index is 1.19. The van der Waals surface area contributed by atoms with E-state index >= 15 is 0 Å². The normalized spacial score (nSPS) is 11.3. The van der Waals surface area contributed by atoms with Crippen molar-refractivity contribution in [1.29, 1.82) is 0 Å². The van der Waals surface area contributed by atoms with Crippen LogP contribution in [0, 0.1) is 24.5 Å². The predicted molar refractivity (Wildman–Crippen MR) is 206 cm³/mol. The molecule has 5 aromatic carbocycles. The number of rotatable bonds is 18. The molecule has 0 saturated heterocycles. The summed E-state index contributed by atoms with van der Waals surface area (Å²) < 4.78 is 34.3. The number of hydrogen-bond donors (Lipinski definition) is 4. The van der Waals surface area contributed by atoms with Gasteiger partial charge in [-0.25, -0.2) is 8.78 Å². The molecule has 1 atom stereocenters. The number of nitrogens with one attached hydrogen (secondary N) is 3. The van der Waals surface area contributed by atoms with Gasteiger partial charge in [-0.2, -0.15) is 0 Å². The molecule has 0 bridgehead atoms. The highest BCUT2D eigenvalue weighted by atomic mass is 19.1. The van der Waals surface area contributed by atoms with Crippen LogP contribution in [0.3, 0.4) is 0 Å². The Hall–Kier alpha value is -6.56. The Kier molecular flexibility index (Phi) is 14.1. The molecule has 0 aliphatic carbocycles. The molecule has 282 valence electrons. The van der Waals surface area contributed by atoms with E-state index in [0.29, 0.717) is 22.5 Å². The van der Waals surface area contributed by atoms with Crippen molar-refractivity contribution >= 4 is 29.0 Å². The number of azide groups is 1. The smallest absolute Gasteiger partial charge is 0.251 e. The van der Waals surface area contributed by atoms with E-state index in [2.05, 4.69) is 26.0 Å². The lowest BCUT2D eigenvalue weighted by Crippen LogP contribution is -2.36. The summed E-state index contributed by atoms with van der Waals surface area (Å²) in [5.41, 5.74) is 13.4. The van der Waals surface area contributed by atoms with Crippen molar-refractivity contribution in [3.63, 3.8) is 0 Å². The van der Waals surface area contributed by atoms with Gasteiger partial charge in [0, 0.05) is 64.9 Å². The van der Waals surface area contributed by atoms with Crippen molar-refractivity contribution in [3.8, 4) is 16.9 Å². The van der Waals surface area contributed by atoms with Crippen LogP contribution in [0.5, 0.6) is 5.75 Å². The fourth-order valence-electron chi connectivity index (χ4n) is 5.83. The molecule has 13 heteroatoms. The minimum atomic E-state index is -1.06. The molecule has 0 saturated carbocycles. The SMILES string of the molecule is Cc1ccc(C(=O)C[C@@H](Cc2ccc(-c3ccccc3)cc2)C(=O)NCCOCCNC(=O)c2ccc(N=[N+]=[N-])cc2)cc1NCc1c(F)ccc(O)c1F. The molecule has 0 unspecified atom stereocenters. The van der Waals surface area contributed by atoms with E-state index in [9.17, 15) is 28.3 Å². The van der Waals surface area contributed by atoms with Gasteiger partial charge in [-0.1, -0.05) is 84.0 Å². The van der Waals surface area contributed by atoms with Gasteiger partial charge in [0.15, 0.2) is 17.3 Å². The maximum atomic E-state index is 14.4. The number of ketones is 1. The lowest BCUT2D eigenvalue weighted by Gasteiger charge is -2.18. The van der Waals surface area contributed by atoms with Crippen molar-refractivity contribution in [2.45, 2.75) is 26.3 Å². The molecule has 0 aliphatic heterocycles. The molecule has 2 amide bonds. The standard InChI is InChI=1S/C42H40F2N6O5/c1-27-7-10-32(24-37(27)48-26-35-36(43)17-18-38(51)40(35)44)39(52)25-33(23-28-8-11-30(12-9-28)29-5-3-2-4-6-29)42(54)47-20-22-55-21-19-46-41(53)31-13-15-34(16-14-31)49-50-45/h2-18,24,33,48,51H,19-23,25-26H2,1H3,(H,46,53)(H,47,54)/t33-/m1/s1. The molecule has 11 nitrogen and oxygen atoms in total. The highest BCUT2D eigenvalue weighted by molar-refractivity contribution is 5.99. The van der Waals surface area contributed by atoms with Gasteiger partial charge < -0.3 is 25.8 Å². The van der Waals surface area contributed by atoms with Gasteiger partial charge in [0.05, 0.1) is 13.2 Å². The van der Waals surface area contributed by atoms with Crippen molar-refractivity contribution in [2.75, 3.05) is 31.6 Å². The average Bonchev–Trinajstić information content (AvgIpc) is 3.20. The Labute approximate surface area is 317 Å². The first-order valence-corrected chi connectivity index (χ1v) is 17.6. The molecule has 55 heavy (non-hydrogen) atoms. The number of ether oxygens (including phenoxy) is 1. The summed E-state index contributed by atoms with van der Waals surface area (Å²) in [5, 5.41) is 21.7. The van der Waals surface area contributed by atoms with Crippen LogP contribution in [-0.2, 0) is 22.5 Å². The number of Topliss-reactive ketones (excluding diaryl/α,β-unsaturated/α-hetero) is 1. The first kappa shape index (κ1) is 39.6. The average molecular weight is 747 g/mol. The number of aromatic hydroxyl groups is 1. The third-order valence-electron chi connectivity index (χ3n) is 8.89. The highest BCUT2D eigenvalue weighted by Gasteiger charge is 2.24. The van der Waals surface area contributed by atoms with Crippen molar-refractivity contribution < 1.29 is 33.0 Å². The lowest BCUT2D eigenvalue weighted by molar-refractivity contribution is -0.125. The summed E-state index contributed by atoms with van der Waals surface area (Å²) in [6.45, 7) is 2.28. The van der Waals surface area contributed by atoms with Crippen LogP contribution in [0.15, 0.2) is 114 Å². The third kappa shape index (κ3) is 11.2. The summed E-state index contributed by atoms with van der Waals surface area (Å²) in [6.07, 6.45) is 0.178. The molecule has 4 N–H and O–H groups in total. The molecule has 0 heterocycles. The molecule has 0 radical (unpaired) electrons. The first-order chi connectivity index (χ1) is 26.6.